The first-order chi connectivity index (χ1) is 24.0. The van der Waals surface area contributed by atoms with Crippen LogP contribution in [0.4, 0.5) is 4.39 Å². The quantitative estimate of drug-likeness (QED) is 0.0472. The molecule has 0 aromatic carbocycles. The van der Waals surface area contributed by atoms with Gasteiger partial charge in [-0.05, 0) is 27.2 Å². The van der Waals surface area contributed by atoms with Gasteiger partial charge >= 0.3 is 5.69 Å². The van der Waals surface area contributed by atoms with Crippen LogP contribution in [0, 0.1) is 17.7 Å². The summed E-state index contributed by atoms with van der Waals surface area (Å²) in [5, 5.41) is 19.8. The SMILES string of the molecule is C[C@H](NC(=O)CCCC#Cc1cnc(S(C)(=O)=O)nc1)C(=O)N[C@@H](C)C(=O)N[C@@H](C)C(=O)NCOC[C@H]1O[C@@H](n2cc(F)c(=O)[nH]c2=O)C[C@@H]1O. The van der Waals surface area contributed by atoms with E-state index in [4.69, 9.17) is 9.47 Å². The van der Waals surface area contributed by atoms with Gasteiger partial charge in [0.25, 0.3) is 5.56 Å². The van der Waals surface area contributed by atoms with E-state index in [0.29, 0.717) is 24.6 Å². The maximum atomic E-state index is 13.6. The Morgan fingerprint density at radius 2 is 1.69 bits per heavy atom. The van der Waals surface area contributed by atoms with Gasteiger partial charge in [-0.2, -0.15) is 4.39 Å². The Morgan fingerprint density at radius 1 is 1.08 bits per heavy atom. The molecule has 2 aromatic rings. The third-order valence-electron chi connectivity index (χ3n) is 7.24. The zero-order valence-electron chi connectivity index (χ0n) is 28.1. The highest BCUT2D eigenvalue weighted by molar-refractivity contribution is 7.90. The predicted molar refractivity (Wildman–Crippen MR) is 173 cm³/mol. The zero-order valence-corrected chi connectivity index (χ0v) is 28.9. The summed E-state index contributed by atoms with van der Waals surface area (Å²) in [5.41, 5.74) is -1.69. The molecule has 1 saturated heterocycles. The number of aromatic nitrogens is 4. The van der Waals surface area contributed by atoms with Crippen LogP contribution in [-0.4, -0.2) is 107 Å². The second-order valence-corrected chi connectivity index (χ2v) is 13.5. The third-order valence-corrected chi connectivity index (χ3v) is 8.12. The van der Waals surface area contributed by atoms with E-state index < -0.39 is 87.1 Å². The number of hydrogen-bond acceptors (Lipinski definition) is 13. The molecular formula is C30H39FN8O11S. The molecule has 6 atom stereocenters. The van der Waals surface area contributed by atoms with Crippen molar-refractivity contribution in [1.82, 2.24) is 40.8 Å². The van der Waals surface area contributed by atoms with Gasteiger partial charge in [0.15, 0.2) is 0 Å². The van der Waals surface area contributed by atoms with Gasteiger partial charge in [-0.25, -0.2) is 23.2 Å². The molecule has 0 bridgehead atoms. The van der Waals surface area contributed by atoms with Crippen molar-refractivity contribution in [1.29, 1.82) is 0 Å². The minimum absolute atomic E-state index is 0.0658. The molecule has 2 aromatic heterocycles. The molecule has 1 aliphatic heterocycles. The Labute approximate surface area is 291 Å². The second kappa shape index (κ2) is 18.3. The Morgan fingerprint density at radius 3 is 2.31 bits per heavy atom. The van der Waals surface area contributed by atoms with E-state index in [9.17, 15) is 46.7 Å². The van der Waals surface area contributed by atoms with Crippen LogP contribution in [-0.2, 0) is 38.5 Å². The van der Waals surface area contributed by atoms with E-state index in [1.165, 1.54) is 33.2 Å². The largest absolute Gasteiger partial charge is 0.390 e. The van der Waals surface area contributed by atoms with Crippen molar-refractivity contribution in [2.75, 3.05) is 19.6 Å². The Balaban J connectivity index is 1.31. The van der Waals surface area contributed by atoms with Crippen molar-refractivity contribution >= 4 is 33.5 Å². The van der Waals surface area contributed by atoms with Gasteiger partial charge < -0.3 is 35.8 Å². The number of sulfone groups is 1. The van der Waals surface area contributed by atoms with Crippen LogP contribution in [0.15, 0.2) is 33.3 Å². The Kier molecular flexibility index (Phi) is 14.5. The molecule has 4 amide bonds. The van der Waals surface area contributed by atoms with Crippen molar-refractivity contribution in [3.05, 3.63) is 50.8 Å². The van der Waals surface area contributed by atoms with Crippen molar-refractivity contribution in [2.24, 2.45) is 0 Å². The average Bonchev–Trinajstić information content (AvgIpc) is 3.43. The molecule has 51 heavy (non-hydrogen) atoms. The molecule has 0 unspecified atom stereocenters. The first kappa shape index (κ1) is 40.4. The number of halogens is 1. The molecule has 21 heteroatoms. The molecule has 19 nitrogen and oxygen atoms in total. The predicted octanol–water partition coefficient (Wildman–Crippen LogP) is -2.66. The number of unbranched alkanes of at least 4 members (excludes halogenated alkanes) is 1. The molecule has 3 rings (SSSR count). The number of aromatic amines is 1. The number of aliphatic hydroxyl groups excluding tert-OH is 1. The lowest BCUT2D eigenvalue weighted by Gasteiger charge is -2.21. The molecule has 0 aliphatic carbocycles. The summed E-state index contributed by atoms with van der Waals surface area (Å²) in [5.74, 6) is 2.04. The van der Waals surface area contributed by atoms with E-state index in [1.807, 2.05) is 0 Å². The summed E-state index contributed by atoms with van der Waals surface area (Å²) >= 11 is 0. The minimum Gasteiger partial charge on any atom is -0.390 e. The highest BCUT2D eigenvalue weighted by Gasteiger charge is 2.36. The monoisotopic (exact) mass is 738 g/mol. The number of rotatable bonds is 15. The van der Waals surface area contributed by atoms with E-state index in [-0.39, 0.29) is 31.3 Å². The van der Waals surface area contributed by atoms with Gasteiger partial charge in [0.2, 0.25) is 44.4 Å². The highest BCUT2D eigenvalue weighted by Crippen LogP contribution is 2.27. The lowest BCUT2D eigenvalue weighted by atomic mass is 10.2. The van der Waals surface area contributed by atoms with Gasteiger partial charge in [-0.15, -0.1) is 0 Å². The van der Waals surface area contributed by atoms with Crippen LogP contribution in [0.3, 0.4) is 0 Å². The maximum absolute atomic E-state index is 13.6. The third kappa shape index (κ3) is 12.4. The molecule has 6 N–H and O–H groups in total. The van der Waals surface area contributed by atoms with Crippen LogP contribution in [0.5, 0.6) is 0 Å². The van der Waals surface area contributed by atoms with E-state index >= 15 is 0 Å². The van der Waals surface area contributed by atoms with E-state index in [2.05, 4.69) is 43.1 Å². The molecule has 1 fully saturated rings. The number of carbonyl (C=O) groups excluding carboxylic acids is 4. The summed E-state index contributed by atoms with van der Waals surface area (Å²) in [6.45, 7) is 3.67. The number of nitrogens with zero attached hydrogens (tertiary/aromatic N) is 3. The molecule has 278 valence electrons. The number of carbonyl (C=O) groups is 4. The smallest absolute Gasteiger partial charge is 0.330 e. The minimum atomic E-state index is -3.52. The van der Waals surface area contributed by atoms with Crippen molar-refractivity contribution in [3.63, 3.8) is 0 Å². The summed E-state index contributed by atoms with van der Waals surface area (Å²) in [6.07, 6.45) is 1.84. The number of ether oxygens (including phenoxy) is 2. The first-order valence-electron chi connectivity index (χ1n) is 15.6. The van der Waals surface area contributed by atoms with Gasteiger partial charge in [-0.3, -0.25) is 33.5 Å². The normalized spacial score (nSPS) is 18.7. The second-order valence-electron chi connectivity index (χ2n) is 11.6. The summed E-state index contributed by atoms with van der Waals surface area (Å²) in [4.78, 5) is 82.3. The lowest BCUT2D eigenvalue weighted by molar-refractivity contribution is -0.133. The zero-order chi connectivity index (χ0) is 37.9. The summed E-state index contributed by atoms with van der Waals surface area (Å²) < 4.78 is 48.1. The standard InChI is InChI=1S/C30H39FN8O11S/c1-16(25(42)34-15-49-14-22-21(40)10-24(50-22)39-13-20(31)28(45)38-30(39)46)36-27(44)18(3)37-26(43)17(2)35-23(41)9-7-5-6-8-19-11-32-29(33-12-19)51(4,47)48/h11-13,16-18,21-22,24,40H,5,7,9-10,14-15H2,1-4H3,(H,34,42)(H,35,41)(H,36,44)(H,37,43)(H,38,45,46)/t16-,17-,18-,21-,22+,24+/m0/s1. The van der Waals surface area contributed by atoms with Crippen LogP contribution in [0.1, 0.15) is 58.2 Å². The highest BCUT2D eigenvalue weighted by atomic mass is 32.2. The number of nitrogens with one attached hydrogen (secondary N) is 5. The average molecular weight is 739 g/mol. The van der Waals surface area contributed by atoms with Gasteiger partial charge in [-0.1, -0.05) is 11.8 Å². The van der Waals surface area contributed by atoms with E-state index in [1.54, 1.807) is 4.98 Å². The lowest BCUT2D eigenvalue weighted by Crippen LogP contribution is -2.54. The van der Waals surface area contributed by atoms with Gasteiger partial charge in [0.05, 0.1) is 24.5 Å². The van der Waals surface area contributed by atoms with Gasteiger partial charge in [0, 0.05) is 37.9 Å². The molecular weight excluding hydrogens is 699 g/mol. The Bertz CT molecular complexity index is 1870. The molecule has 0 spiro atoms. The van der Waals surface area contributed by atoms with E-state index in [0.717, 1.165) is 10.8 Å². The fraction of sp³-hybridized carbons (Fsp3) is 0.533. The van der Waals surface area contributed by atoms with Crippen molar-refractivity contribution in [3.8, 4) is 11.8 Å². The topological polar surface area (TPSA) is 270 Å². The molecule has 0 radical (unpaired) electrons. The van der Waals surface area contributed by atoms with Crippen molar-refractivity contribution < 1.29 is 46.6 Å². The van der Waals surface area contributed by atoms with Crippen LogP contribution >= 0.6 is 0 Å². The fourth-order valence-electron chi connectivity index (χ4n) is 4.42. The van der Waals surface area contributed by atoms with Crippen LogP contribution in [0.25, 0.3) is 0 Å². The summed E-state index contributed by atoms with van der Waals surface area (Å²) in [7, 11) is -3.52. The number of amides is 4. The maximum Gasteiger partial charge on any atom is 0.330 e. The molecule has 0 saturated carbocycles. The van der Waals surface area contributed by atoms with Gasteiger partial charge in [0.1, 0.15) is 37.2 Å². The molecule has 1 aliphatic rings. The van der Waals surface area contributed by atoms with Crippen molar-refractivity contribution in [2.45, 2.75) is 88.2 Å². The number of H-pyrrole nitrogens is 1. The number of hydrogen-bond donors (Lipinski definition) is 6. The summed E-state index contributed by atoms with van der Waals surface area (Å²) in [6, 6.07) is -3.08. The van der Waals surface area contributed by atoms with Crippen LogP contribution < -0.4 is 32.5 Å². The number of aliphatic hydroxyl groups is 1. The van der Waals surface area contributed by atoms with Crippen LogP contribution in [0.2, 0.25) is 0 Å². The first-order valence-corrected chi connectivity index (χ1v) is 17.5. The Hall–Kier alpha value is -5.04. The molecule has 3 heterocycles. The fourth-order valence-corrected chi connectivity index (χ4v) is 4.91.